The van der Waals surface area contributed by atoms with E-state index in [1.165, 1.54) is 11.1 Å². The number of piperidine rings is 1. The molecule has 54 valence electrons. The molecule has 1 saturated heterocycles. The third-order valence-corrected chi connectivity index (χ3v) is 1.68. The van der Waals surface area contributed by atoms with E-state index >= 15 is 0 Å². The molecule has 0 radical (unpaired) electrons. The van der Waals surface area contributed by atoms with E-state index in [-0.39, 0.29) is 0 Å². The quantitative estimate of drug-likeness (QED) is 0.576. The van der Waals surface area contributed by atoms with Crippen LogP contribution in [0.4, 0.5) is 0 Å². The van der Waals surface area contributed by atoms with E-state index in [4.69, 9.17) is 0 Å². The highest BCUT2D eigenvalue weighted by molar-refractivity contribution is 5.33. The highest BCUT2D eigenvalue weighted by atomic mass is 14.9. The summed E-state index contributed by atoms with van der Waals surface area (Å²) in [6.45, 7) is 9.59. The van der Waals surface area contributed by atoms with E-state index < -0.39 is 0 Å². The zero-order valence-electron chi connectivity index (χ0n) is 6.19. The van der Waals surface area contributed by atoms with Crippen LogP contribution < -0.4 is 5.32 Å². The van der Waals surface area contributed by atoms with Crippen molar-refractivity contribution in [2.75, 3.05) is 13.1 Å². The van der Waals surface area contributed by atoms with Crippen LogP contribution in [0.25, 0.3) is 0 Å². The first-order valence-electron chi connectivity index (χ1n) is 3.55. The van der Waals surface area contributed by atoms with Gasteiger partial charge >= 0.3 is 0 Å². The second-order valence-electron chi connectivity index (χ2n) is 2.46. The number of rotatable bonds is 1. The lowest BCUT2D eigenvalue weighted by atomic mass is 10.0. The maximum Gasteiger partial charge on any atom is 0.0202 e. The van der Waals surface area contributed by atoms with E-state index in [1.807, 2.05) is 12.2 Å². The molecule has 1 nitrogen and oxygen atoms in total. The molecule has 0 atom stereocenters. The zero-order chi connectivity index (χ0) is 7.40. The fourth-order valence-electron chi connectivity index (χ4n) is 1.10. The average Bonchev–Trinajstić information content (AvgIpc) is 1.94. The molecule has 0 aromatic rings. The van der Waals surface area contributed by atoms with Gasteiger partial charge in [0.15, 0.2) is 0 Å². The Morgan fingerprint density at radius 3 is 2.90 bits per heavy atom. The highest BCUT2D eigenvalue weighted by Gasteiger charge is 2.06. The van der Waals surface area contributed by atoms with Gasteiger partial charge in [-0.3, -0.25) is 0 Å². The summed E-state index contributed by atoms with van der Waals surface area (Å²) in [5, 5.41) is 3.25. The first kappa shape index (κ1) is 7.29. The van der Waals surface area contributed by atoms with Crippen LogP contribution >= 0.6 is 0 Å². The molecule has 1 heteroatoms. The summed E-state index contributed by atoms with van der Waals surface area (Å²) in [5.74, 6) is 0. The standard InChI is InChI=1S/C9H13N/c1-3-4-9-5-6-10-7-8(9)2/h3-4,10H,1-2,5-7H2. The van der Waals surface area contributed by atoms with E-state index in [9.17, 15) is 0 Å². The predicted molar refractivity (Wildman–Crippen MR) is 44.9 cm³/mol. The molecule has 10 heavy (non-hydrogen) atoms. The monoisotopic (exact) mass is 135 g/mol. The molecule has 0 aliphatic carbocycles. The Morgan fingerprint density at radius 2 is 2.30 bits per heavy atom. The van der Waals surface area contributed by atoms with Crippen LogP contribution in [0, 0.1) is 0 Å². The van der Waals surface area contributed by atoms with Gasteiger partial charge in [0.25, 0.3) is 0 Å². The van der Waals surface area contributed by atoms with Crippen molar-refractivity contribution in [1.82, 2.24) is 5.32 Å². The third-order valence-electron chi connectivity index (χ3n) is 1.68. The number of allylic oxidation sites excluding steroid dienone is 2. The first-order valence-corrected chi connectivity index (χ1v) is 3.55. The number of nitrogens with one attached hydrogen (secondary N) is 1. The van der Waals surface area contributed by atoms with Crippen LogP contribution in [0.2, 0.25) is 0 Å². The van der Waals surface area contributed by atoms with E-state index in [0.29, 0.717) is 0 Å². The van der Waals surface area contributed by atoms with Gasteiger partial charge in [-0.05, 0) is 24.1 Å². The van der Waals surface area contributed by atoms with Crippen LogP contribution in [0.15, 0.2) is 36.5 Å². The van der Waals surface area contributed by atoms with Crippen molar-refractivity contribution in [2.45, 2.75) is 6.42 Å². The molecule has 1 rings (SSSR count). The molecule has 0 bridgehead atoms. The average molecular weight is 135 g/mol. The molecule has 1 fully saturated rings. The molecule has 0 aromatic heterocycles. The van der Waals surface area contributed by atoms with E-state index in [0.717, 1.165) is 19.5 Å². The van der Waals surface area contributed by atoms with Crippen molar-refractivity contribution in [3.8, 4) is 0 Å². The van der Waals surface area contributed by atoms with Gasteiger partial charge in [-0.25, -0.2) is 0 Å². The summed E-state index contributed by atoms with van der Waals surface area (Å²) in [6.07, 6.45) is 4.96. The first-order chi connectivity index (χ1) is 4.84. The van der Waals surface area contributed by atoms with Crippen LogP contribution in [0.3, 0.4) is 0 Å². The predicted octanol–water partition coefficient (Wildman–Crippen LogP) is 1.65. The Bertz CT molecular complexity index is 177. The topological polar surface area (TPSA) is 12.0 Å². The van der Waals surface area contributed by atoms with Crippen molar-refractivity contribution in [3.05, 3.63) is 36.5 Å². The fraction of sp³-hybridized carbons (Fsp3) is 0.333. The number of hydrogen-bond donors (Lipinski definition) is 1. The Hall–Kier alpha value is -0.820. The van der Waals surface area contributed by atoms with Gasteiger partial charge in [0.1, 0.15) is 0 Å². The van der Waals surface area contributed by atoms with Gasteiger partial charge in [0.05, 0.1) is 0 Å². The van der Waals surface area contributed by atoms with Gasteiger partial charge in [0, 0.05) is 6.54 Å². The maximum absolute atomic E-state index is 3.94. The molecular formula is C9H13N. The molecule has 1 N–H and O–H groups in total. The largest absolute Gasteiger partial charge is 0.312 e. The summed E-state index contributed by atoms with van der Waals surface area (Å²) in [5.41, 5.74) is 2.54. The molecule has 0 unspecified atom stereocenters. The second kappa shape index (κ2) is 3.37. The highest BCUT2D eigenvalue weighted by Crippen LogP contribution is 2.14. The van der Waals surface area contributed by atoms with Gasteiger partial charge in [0.2, 0.25) is 0 Å². The van der Waals surface area contributed by atoms with Crippen molar-refractivity contribution in [1.29, 1.82) is 0 Å². The molecule has 0 amide bonds. The van der Waals surface area contributed by atoms with Crippen LogP contribution in [-0.2, 0) is 0 Å². The minimum absolute atomic E-state index is 0.930. The minimum Gasteiger partial charge on any atom is -0.312 e. The van der Waals surface area contributed by atoms with Gasteiger partial charge < -0.3 is 5.32 Å². The van der Waals surface area contributed by atoms with Gasteiger partial charge in [-0.2, -0.15) is 0 Å². The Morgan fingerprint density at radius 1 is 1.50 bits per heavy atom. The van der Waals surface area contributed by atoms with Gasteiger partial charge in [-0.1, -0.05) is 25.3 Å². The van der Waals surface area contributed by atoms with E-state index in [1.54, 1.807) is 0 Å². The Balaban J connectivity index is 2.64. The molecule has 1 heterocycles. The molecule has 0 aromatic carbocycles. The van der Waals surface area contributed by atoms with Crippen molar-refractivity contribution in [2.24, 2.45) is 0 Å². The molecule has 1 aliphatic heterocycles. The fourth-order valence-corrected chi connectivity index (χ4v) is 1.10. The Kier molecular flexibility index (Phi) is 2.46. The van der Waals surface area contributed by atoms with Crippen molar-refractivity contribution >= 4 is 0 Å². The smallest absolute Gasteiger partial charge is 0.0202 e. The third kappa shape index (κ3) is 1.58. The van der Waals surface area contributed by atoms with Crippen LogP contribution in [0.1, 0.15) is 6.42 Å². The summed E-state index contributed by atoms with van der Waals surface area (Å²) < 4.78 is 0. The summed E-state index contributed by atoms with van der Waals surface area (Å²) in [6, 6.07) is 0. The summed E-state index contributed by atoms with van der Waals surface area (Å²) >= 11 is 0. The van der Waals surface area contributed by atoms with Crippen molar-refractivity contribution in [3.63, 3.8) is 0 Å². The number of hydrogen-bond acceptors (Lipinski definition) is 1. The van der Waals surface area contributed by atoms with Crippen LogP contribution in [0.5, 0.6) is 0 Å². The summed E-state index contributed by atoms with van der Waals surface area (Å²) in [4.78, 5) is 0. The van der Waals surface area contributed by atoms with Crippen LogP contribution in [-0.4, -0.2) is 13.1 Å². The summed E-state index contributed by atoms with van der Waals surface area (Å²) in [7, 11) is 0. The van der Waals surface area contributed by atoms with Crippen molar-refractivity contribution < 1.29 is 0 Å². The maximum atomic E-state index is 3.94. The lowest BCUT2D eigenvalue weighted by Crippen LogP contribution is -2.24. The minimum atomic E-state index is 0.930. The van der Waals surface area contributed by atoms with Gasteiger partial charge in [-0.15, -0.1) is 0 Å². The normalized spacial score (nSPS) is 23.2. The lowest BCUT2D eigenvalue weighted by Gasteiger charge is -2.17. The van der Waals surface area contributed by atoms with E-state index in [2.05, 4.69) is 18.5 Å². The molecule has 1 aliphatic rings. The molecular weight excluding hydrogens is 122 g/mol. The molecule has 0 spiro atoms. The SMILES string of the molecule is C=CC=C1CCNCC1=C. The second-order valence-corrected chi connectivity index (χ2v) is 2.46. The zero-order valence-corrected chi connectivity index (χ0v) is 6.19. The molecule has 0 saturated carbocycles. The lowest BCUT2D eigenvalue weighted by molar-refractivity contribution is 0.684. The Labute approximate surface area is 62.1 Å².